The summed E-state index contributed by atoms with van der Waals surface area (Å²) in [5.41, 5.74) is 2.06. The first-order chi connectivity index (χ1) is 7.54. The van der Waals surface area contributed by atoms with Gasteiger partial charge in [0, 0.05) is 24.7 Å². The Kier molecular flexibility index (Phi) is 4.77. The maximum atomic E-state index is 9.74. The molecule has 0 fully saturated rings. The summed E-state index contributed by atoms with van der Waals surface area (Å²) in [7, 11) is 0. The molecule has 3 nitrogen and oxygen atoms in total. The van der Waals surface area contributed by atoms with E-state index in [0.29, 0.717) is 24.9 Å². The predicted octanol–water partition coefficient (Wildman–Crippen LogP) is 1.90. The SMILES string of the molecule is Cc1ccc(O)c(CN(CCO)C(C)C)c1. The van der Waals surface area contributed by atoms with Gasteiger partial charge < -0.3 is 10.2 Å². The lowest BCUT2D eigenvalue weighted by molar-refractivity contribution is 0.158. The molecule has 0 saturated carbocycles. The predicted molar refractivity (Wildman–Crippen MR) is 65.5 cm³/mol. The van der Waals surface area contributed by atoms with E-state index in [-0.39, 0.29) is 6.61 Å². The molecular weight excluding hydrogens is 202 g/mol. The summed E-state index contributed by atoms with van der Waals surface area (Å²) in [6, 6.07) is 5.96. The number of nitrogens with zero attached hydrogens (tertiary/aromatic N) is 1. The Labute approximate surface area is 97.3 Å². The molecule has 0 spiro atoms. The second-order valence-electron chi connectivity index (χ2n) is 4.42. The fourth-order valence-corrected chi connectivity index (χ4v) is 1.71. The van der Waals surface area contributed by atoms with Crippen molar-refractivity contribution in [3.8, 4) is 5.75 Å². The van der Waals surface area contributed by atoms with Gasteiger partial charge in [-0.15, -0.1) is 0 Å². The molecule has 2 N–H and O–H groups in total. The van der Waals surface area contributed by atoms with Crippen molar-refractivity contribution in [2.45, 2.75) is 33.4 Å². The van der Waals surface area contributed by atoms with Crippen LogP contribution in [0.25, 0.3) is 0 Å². The number of phenolic OH excluding ortho intramolecular Hbond substituents is 1. The highest BCUT2D eigenvalue weighted by molar-refractivity contribution is 5.35. The van der Waals surface area contributed by atoms with Crippen molar-refractivity contribution in [1.29, 1.82) is 0 Å². The van der Waals surface area contributed by atoms with Gasteiger partial charge in [-0.1, -0.05) is 17.7 Å². The first-order valence-corrected chi connectivity index (χ1v) is 5.68. The largest absolute Gasteiger partial charge is 0.508 e. The smallest absolute Gasteiger partial charge is 0.120 e. The summed E-state index contributed by atoms with van der Waals surface area (Å²) in [6.45, 7) is 7.63. The quantitative estimate of drug-likeness (QED) is 0.801. The standard InChI is InChI=1S/C13H21NO2/c1-10(2)14(6-7-15)9-12-8-11(3)4-5-13(12)16/h4-5,8,10,15-16H,6-7,9H2,1-3H3. The highest BCUT2D eigenvalue weighted by atomic mass is 16.3. The molecule has 90 valence electrons. The van der Waals surface area contributed by atoms with E-state index in [0.717, 1.165) is 11.1 Å². The van der Waals surface area contributed by atoms with E-state index in [1.54, 1.807) is 6.07 Å². The van der Waals surface area contributed by atoms with E-state index in [1.807, 2.05) is 19.1 Å². The minimum atomic E-state index is 0.144. The van der Waals surface area contributed by atoms with Crippen molar-refractivity contribution in [1.82, 2.24) is 4.90 Å². The molecular formula is C13H21NO2. The van der Waals surface area contributed by atoms with Crippen molar-refractivity contribution < 1.29 is 10.2 Å². The van der Waals surface area contributed by atoms with Crippen molar-refractivity contribution in [3.05, 3.63) is 29.3 Å². The molecule has 0 amide bonds. The molecule has 0 unspecified atom stereocenters. The number of aliphatic hydroxyl groups is 1. The van der Waals surface area contributed by atoms with Crippen LogP contribution in [0.15, 0.2) is 18.2 Å². The zero-order chi connectivity index (χ0) is 12.1. The second-order valence-corrected chi connectivity index (χ2v) is 4.42. The van der Waals surface area contributed by atoms with Crippen LogP contribution in [0.1, 0.15) is 25.0 Å². The lowest BCUT2D eigenvalue weighted by atomic mass is 10.1. The minimum Gasteiger partial charge on any atom is -0.508 e. The molecule has 16 heavy (non-hydrogen) atoms. The Hall–Kier alpha value is -1.06. The average molecular weight is 223 g/mol. The van der Waals surface area contributed by atoms with Crippen molar-refractivity contribution in [3.63, 3.8) is 0 Å². The van der Waals surface area contributed by atoms with Gasteiger partial charge in [0.1, 0.15) is 5.75 Å². The fourth-order valence-electron chi connectivity index (χ4n) is 1.71. The highest BCUT2D eigenvalue weighted by Crippen LogP contribution is 2.20. The minimum absolute atomic E-state index is 0.144. The molecule has 0 heterocycles. The van der Waals surface area contributed by atoms with Gasteiger partial charge in [0.05, 0.1) is 6.61 Å². The molecule has 3 heteroatoms. The molecule has 0 aliphatic carbocycles. The van der Waals surface area contributed by atoms with Crippen LogP contribution in [-0.4, -0.2) is 34.3 Å². The zero-order valence-corrected chi connectivity index (χ0v) is 10.3. The monoisotopic (exact) mass is 223 g/mol. The van der Waals surface area contributed by atoms with Crippen LogP contribution in [0.2, 0.25) is 0 Å². The van der Waals surface area contributed by atoms with Crippen LogP contribution < -0.4 is 0 Å². The number of phenols is 1. The first kappa shape index (κ1) is 13.0. The number of hydrogen-bond donors (Lipinski definition) is 2. The average Bonchev–Trinajstić information content (AvgIpc) is 2.22. The van der Waals surface area contributed by atoms with Gasteiger partial charge in [-0.3, -0.25) is 4.90 Å². The third-order valence-corrected chi connectivity index (χ3v) is 2.73. The van der Waals surface area contributed by atoms with Gasteiger partial charge in [0.25, 0.3) is 0 Å². The van der Waals surface area contributed by atoms with E-state index in [2.05, 4.69) is 18.7 Å². The van der Waals surface area contributed by atoms with E-state index >= 15 is 0 Å². The third-order valence-electron chi connectivity index (χ3n) is 2.73. The first-order valence-electron chi connectivity index (χ1n) is 5.68. The molecule has 0 aliphatic heterocycles. The Morgan fingerprint density at radius 1 is 1.31 bits per heavy atom. The van der Waals surface area contributed by atoms with Crippen molar-refractivity contribution in [2.24, 2.45) is 0 Å². The molecule has 1 aromatic carbocycles. The van der Waals surface area contributed by atoms with Gasteiger partial charge >= 0.3 is 0 Å². The van der Waals surface area contributed by atoms with Gasteiger partial charge in [0.2, 0.25) is 0 Å². The van der Waals surface area contributed by atoms with Crippen LogP contribution in [0.4, 0.5) is 0 Å². The zero-order valence-electron chi connectivity index (χ0n) is 10.3. The lowest BCUT2D eigenvalue weighted by Crippen LogP contribution is -2.32. The van der Waals surface area contributed by atoms with Gasteiger partial charge in [-0.25, -0.2) is 0 Å². The molecule has 0 aliphatic rings. The summed E-state index contributed by atoms with van der Waals surface area (Å²) in [6.07, 6.45) is 0. The van der Waals surface area contributed by atoms with E-state index in [4.69, 9.17) is 5.11 Å². The fraction of sp³-hybridized carbons (Fsp3) is 0.538. The summed E-state index contributed by atoms with van der Waals surface area (Å²) in [5.74, 6) is 0.328. The van der Waals surface area contributed by atoms with Crippen LogP contribution in [0.5, 0.6) is 5.75 Å². The van der Waals surface area contributed by atoms with Gasteiger partial charge in [-0.2, -0.15) is 0 Å². The van der Waals surface area contributed by atoms with Gasteiger partial charge in [0.15, 0.2) is 0 Å². The number of rotatable bonds is 5. The lowest BCUT2D eigenvalue weighted by Gasteiger charge is -2.26. The van der Waals surface area contributed by atoms with Crippen molar-refractivity contribution >= 4 is 0 Å². The Morgan fingerprint density at radius 3 is 2.56 bits per heavy atom. The van der Waals surface area contributed by atoms with E-state index < -0.39 is 0 Å². The van der Waals surface area contributed by atoms with Crippen LogP contribution >= 0.6 is 0 Å². The molecule has 0 bridgehead atoms. The van der Waals surface area contributed by atoms with Gasteiger partial charge in [-0.05, 0) is 26.8 Å². The van der Waals surface area contributed by atoms with Crippen LogP contribution in [0.3, 0.4) is 0 Å². The number of hydrogen-bond acceptors (Lipinski definition) is 3. The van der Waals surface area contributed by atoms with Crippen LogP contribution in [0, 0.1) is 6.92 Å². The van der Waals surface area contributed by atoms with E-state index in [1.165, 1.54) is 0 Å². The normalized spacial score (nSPS) is 11.4. The molecule has 0 saturated heterocycles. The maximum Gasteiger partial charge on any atom is 0.120 e. The molecule has 1 rings (SSSR count). The maximum absolute atomic E-state index is 9.74. The summed E-state index contributed by atoms with van der Waals surface area (Å²) in [5, 5.41) is 18.7. The molecule has 0 atom stereocenters. The summed E-state index contributed by atoms with van der Waals surface area (Å²) in [4.78, 5) is 2.13. The Balaban J connectivity index is 2.80. The third kappa shape index (κ3) is 3.51. The van der Waals surface area contributed by atoms with E-state index in [9.17, 15) is 5.11 Å². The molecule has 0 radical (unpaired) electrons. The summed E-state index contributed by atoms with van der Waals surface area (Å²) >= 11 is 0. The number of aromatic hydroxyl groups is 1. The number of aryl methyl sites for hydroxylation is 1. The van der Waals surface area contributed by atoms with Crippen LogP contribution in [-0.2, 0) is 6.54 Å². The number of benzene rings is 1. The second kappa shape index (κ2) is 5.87. The topological polar surface area (TPSA) is 43.7 Å². The molecule has 0 aromatic heterocycles. The highest BCUT2D eigenvalue weighted by Gasteiger charge is 2.11. The molecule has 1 aromatic rings. The number of aliphatic hydroxyl groups excluding tert-OH is 1. The van der Waals surface area contributed by atoms with Crippen molar-refractivity contribution in [2.75, 3.05) is 13.2 Å². The Bertz CT molecular complexity index is 337. The Morgan fingerprint density at radius 2 is 2.00 bits per heavy atom. The summed E-state index contributed by atoms with van der Waals surface area (Å²) < 4.78 is 0.